The van der Waals surface area contributed by atoms with Crippen LogP contribution in [0.25, 0.3) is 0 Å². The summed E-state index contributed by atoms with van der Waals surface area (Å²) < 4.78 is 35.6. The van der Waals surface area contributed by atoms with Crippen molar-refractivity contribution in [3.8, 4) is 0 Å². The molecular weight excluding hydrogens is 913 g/mol. The van der Waals surface area contributed by atoms with Crippen molar-refractivity contribution < 1.29 is 67.4 Å². The number of likely N-dealkylation sites (N-methyl/N-ethyl adjacent to an activating group) is 1. The fourth-order valence-electron chi connectivity index (χ4n) is 10.7. The number of amides is 1. The number of cyclic esters (lactones) is 1. The van der Waals surface area contributed by atoms with Gasteiger partial charge in [0, 0.05) is 58.5 Å². The highest BCUT2D eigenvalue weighted by molar-refractivity contribution is 6.39. The van der Waals surface area contributed by atoms with Gasteiger partial charge in [-0.1, -0.05) is 71.1 Å². The number of carbonyl (C=O) groups excluding carboxylic acids is 6. The number of piperidine rings is 1. The van der Waals surface area contributed by atoms with Crippen LogP contribution in [0, 0.1) is 35.5 Å². The number of Topliss-reactive ketones (excluding diaryl/α,β-unsaturated/α-hetero) is 3. The van der Waals surface area contributed by atoms with Crippen LogP contribution in [-0.2, 0) is 57.2 Å². The molecule has 1 amide bonds. The van der Waals surface area contributed by atoms with Crippen LogP contribution in [0.5, 0.6) is 0 Å². The number of hydrogen-bond donors (Lipinski definition) is 2. The molecule has 400 valence electrons. The van der Waals surface area contributed by atoms with Crippen LogP contribution in [0.1, 0.15) is 126 Å². The Kier molecular flexibility index (Phi) is 23.5. The Balaban J connectivity index is 1.69. The van der Waals surface area contributed by atoms with Gasteiger partial charge in [-0.05, 0) is 121 Å². The van der Waals surface area contributed by atoms with E-state index in [1.54, 1.807) is 60.1 Å². The van der Waals surface area contributed by atoms with E-state index in [-0.39, 0.29) is 67.3 Å². The minimum Gasteiger partial charge on any atom is -0.460 e. The molecular formula is C55H86N2O14. The molecule has 0 unspecified atom stereocenters. The zero-order valence-electron chi connectivity index (χ0n) is 44.6. The van der Waals surface area contributed by atoms with Crippen LogP contribution < -0.4 is 0 Å². The smallest absolute Gasteiger partial charge is 0.329 e. The number of esters is 2. The molecule has 4 aliphatic rings. The first-order valence-corrected chi connectivity index (χ1v) is 25.9. The molecule has 4 rings (SSSR count). The molecule has 1 saturated carbocycles. The van der Waals surface area contributed by atoms with Gasteiger partial charge in [0.15, 0.2) is 5.78 Å². The fraction of sp³-hybridized carbons (Fsp3) is 0.745. The summed E-state index contributed by atoms with van der Waals surface area (Å²) in [6.45, 7) is 12.8. The van der Waals surface area contributed by atoms with Crippen LogP contribution in [0.2, 0.25) is 0 Å². The van der Waals surface area contributed by atoms with Gasteiger partial charge < -0.3 is 43.5 Å². The molecule has 3 aliphatic heterocycles. The molecule has 3 fully saturated rings. The van der Waals surface area contributed by atoms with E-state index in [1.807, 2.05) is 58.1 Å². The summed E-state index contributed by atoms with van der Waals surface area (Å²) in [5.74, 6) is -8.55. The molecule has 0 radical (unpaired) electrons. The maximum absolute atomic E-state index is 14.5. The molecule has 15 atom stereocenters. The number of allylic oxidation sites excluding steroid dienone is 6. The zero-order chi connectivity index (χ0) is 52.7. The standard InChI is InChI=1S/C55H86N2O14/c1-33-18-14-13-15-19-34(2)45(66-10)30-41-23-21-39(7)55(65,71-41)52(62)53(63)57-25-17-16-20-42(57)54(64)70-46(31-43(58)35(3)27-38(6)50(61)51(68-12)49(60)37(5)26-33)36(4)28-40-22-24-44(47(29-40)67-11)69-48(59)32-56(8)9/h13-15,18-19,27,33,35-37,39-42,44-47,50-51,61,65H,16-17,20-26,28-32H2,1-12H3/b15-13-,18-14+,34-19+,38-27-/t33-,35-,36-,37-,39-,40+,41+,42+,44-,45+,46+,47-,50-,51+,55-/m1/s1. The van der Waals surface area contributed by atoms with E-state index in [2.05, 4.69) is 0 Å². The monoisotopic (exact) mass is 999 g/mol. The lowest BCUT2D eigenvalue weighted by atomic mass is 9.78. The van der Waals surface area contributed by atoms with Gasteiger partial charge in [-0.25, -0.2) is 4.79 Å². The summed E-state index contributed by atoms with van der Waals surface area (Å²) in [7, 11) is 8.11. The third-order valence-corrected chi connectivity index (χ3v) is 15.2. The number of ketones is 3. The SMILES string of the molecule is CO[C@H]1C[C@@H]2CC[C@@H](C)[C@@](O)(O2)C(=O)C(=O)N2CCCC[C@H]2C(=O)O[C@H]([C@H](C)C[C@@H]2CC[C@@H](OC(=O)CN(C)C)[C@H](OC)C2)CC(=O)[C@H](C)/C=C(/C)[C@@H](O)[C@@H](OC)C(=O)[C@H](C)C[C@H](C)/C=C/C=C\C=C\1C. The van der Waals surface area contributed by atoms with Crippen LogP contribution in [0.4, 0.5) is 0 Å². The lowest BCUT2D eigenvalue weighted by Crippen LogP contribution is -2.61. The number of rotatable bonds is 9. The van der Waals surface area contributed by atoms with E-state index in [0.717, 1.165) is 5.57 Å². The van der Waals surface area contributed by atoms with Crippen molar-refractivity contribution in [1.29, 1.82) is 0 Å². The van der Waals surface area contributed by atoms with Gasteiger partial charge in [0.05, 0.1) is 24.9 Å². The molecule has 2 N–H and O–H groups in total. The van der Waals surface area contributed by atoms with Gasteiger partial charge >= 0.3 is 11.9 Å². The van der Waals surface area contributed by atoms with E-state index in [9.17, 15) is 39.0 Å². The lowest BCUT2D eigenvalue weighted by Gasteiger charge is -2.42. The average Bonchev–Trinajstić information content (AvgIpc) is 3.33. The summed E-state index contributed by atoms with van der Waals surface area (Å²) in [5, 5.41) is 23.5. The molecule has 0 spiro atoms. The maximum atomic E-state index is 14.5. The topological polar surface area (TPSA) is 205 Å². The second-order valence-electron chi connectivity index (χ2n) is 21.3. The Morgan fingerprint density at radius 2 is 1.59 bits per heavy atom. The minimum absolute atomic E-state index is 0.00828. The number of ether oxygens (including phenoxy) is 6. The number of hydrogen-bond acceptors (Lipinski definition) is 15. The second-order valence-corrected chi connectivity index (χ2v) is 21.3. The van der Waals surface area contributed by atoms with Crippen molar-refractivity contribution in [3.63, 3.8) is 0 Å². The van der Waals surface area contributed by atoms with Gasteiger partial charge in [0.2, 0.25) is 5.79 Å². The summed E-state index contributed by atoms with van der Waals surface area (Å²) in [4.78, 5) is 86.7. The predicted octanol–water partition coefficient (Wildman–Crippen LogP) is 6.29. The Morgan fingerprint density at radius 3 is 2.25 bits per heavy atom. The summed E-state index contributed by atoms with van der Waals surface area (Å²) >= 11 is 0. The minimum atomic E-state index is -2.45. The molecule has 2 saturated heterocycles. The van der Waals surface area contributed by atoms with E-state index >= 15 is 0 Å². The fourth-order valence-corrected chi connectivity index (χ4v) is 10.7. The Labute approximate surface area is 422 Å². The Hall–Kier alpha value is -3.90. The van der Waals surface area contributed by atoms with E-state index in [1.165, 1.54) is 12.0 Å². The van der Waals surface area contributed by atoms with Crippen molar-refractivity contribution in [3.05, 3.63) is 47.6 Å². The molecule has 0 aromatic carbocycles. The number of methoxy groups -OCH3 is 3. The quantitative estimate of drug-likeness (QED) is 0.148. The molecule has 0 aromatic rings. The van der Waals surface area contributed by atoms with Gasteiger partial charge in [-0.3, -0.25) is 28.9 Å². The van der Waals surface area contributed by atoms with E-state index < -0.39 is 83.9 Å². The first-order chi connectivity index (χ1) is 33.5. The Morgan fingerprint density at radius 1 is 0.873 bits per heavy atom. The highest BCUT2D eigenvalue weighted by Crippen LogP contribution is 2.38. The van der Waals surface area contributed by atoms with Crippen LogP contribution >= 0.6 is 0 Å². The van der Waals surface area contributed by atoms with Crippen LogP contribution in [-0.4, -0.2) is 158 Å². The van der Waals surface area contributed by atoms with Gasteiger partial charge in [-0.15, -0.1) is 0 Å². The van der Waals surface area contributed by atoms with Crippen molar-refractivity contribution in [2.24, 2.45) is 35.5 Å². The summed E-state index contributed by atoms with van der Waals surface area (Å²) in [6.07, 6.45) is 11.0. The first-order valence-electron chi connectivity index (χ1n) is 25.9. The zero-order valence-corrected chi connectivity index (χ0v) is 44.6. The molecule has 2 bridgehead atoms. The number of aliphatic hydroxyl groups excluding tert-OH is 1. The van der Waals surface area contributed by atoms with Crippen molar-refractivity contribution >= 4 is 35.2 Å². The number of aliphatic hydroxyl groups is 2. The average molecular weight is 999 g/mol. The molecule has 71 heavy (non-hydrogen) atoms. The lowest BCUT2D eigenvalue weighted by molar-refractivity contribution is -0.265. The molecule has 3 heterocycles. The number of fused-ring (bicyclic) bond motifs is 3. The molecule has 16 nitrogen and oxygen atoms in total. The van der Waals surface area contributed by atoms with E-state index in [0.29, 0.717) is 69.8 Å². The highest BCUT2D eigenvalue weighted by atomic mass is 16.6. The molecule has 1 aliphatic carbocycles. The van der Waals surface area contributed by atoms with Crippen molar-refractivity contribution in [2.45, 2.75) is 180 Å². The summed E-state index contributed by atoms with van der Waals surface area (Å²) in [6, 6.07) is -1.17. The highest BCUT2D eigenvalue weighted by Gasteiger charge is 2.53. The van der Waals surface area contributed by atoms with Crippen molar-refractivity contribution in [2.75, 3.05) is 48.5 Å². The van der Waals surface area contributed by atoms with Crippen LogP contribution in [0.15, 0.2) is 47.6 Å². The summed E-state index contributed by atoms with van der Waals surface area (Å²) in [5.41, 5.74) is 1.25. The Bertz CT molecular complexity index is 1950. The largest absolute Gasteiger partial charge is 0.460 e. The third-order valence-electron chi connectivity index (χ3n) is 15.2. The van der Waals surface area contributed by atoms with Gasteiger partial charge in [0.25, 0.3) is 11.7 Å². The second kappa shape index (κ2) is 28.0. The van der Waals surface area contributed by atoms with Gasteiger partial charge in [-0.2, -0.15) is 0 Å². The molecule has 0 aromatic heterocycles. The van der Waals surface area contributed by atoms with Crippen LogP contribution in [0.3, 0.4) is 0 Å². The van der Waals surface area contributed by atoms with Crippen molar-refractivity contribution in [1.82, 2.24) is 9.80 Å². The molecule has 16 heteroatoms. The maximum Gasteiger partial charge on any atom is 0.329 e. The first kappa shape index (κ1) is 59.7. The predicted molar refractivity (Wildman–Crippen MR) is 268 cm³/mol. The third kappa shape index (κ3) is 16.6. The normalized spacial score (nSPS) is 38.0. The number of carbonyl (C=O) groups is 6. The van der Waals surface area contributed by atoms with E-state index in [4.69, 9.17) is 28.4 Å². The number of nitrogens with zero attached hydrogens (tertiary/aromatic N) is 2. The van der Waals surface area contributed by atoms with Gasteiger partial charge in [0.1, 0.15) is 36.2 Å².